The molecule has 2 atom stereocenters. The minimum atomic E-state index is -0.544. The van der Waals surface area contributed by atoms with E-state index in [-0.39, 0.29) is 11.8 Å². The van der Waals surface area contributed by atoms with Gasteiger partial charge in [-0.15, -0.1) is 0 Å². The Bertz CT molecular complexity index is 648. The number of nitrogens with two attached hydrogens (primary N) is 1. The summed E-state index contributed by atoms with van der Waals surface area (Å²) in [5.74, 6) is -0.145. The number of amides is 1. The minimum Gasteiger partial charge on any atom is -0.320 e. The molecule has 3 N–H and O–H groups in total. The molecule has 1 aromatic carbocycles. The van der Waals surface area contributed by atoms with Gasteiger partial charge in [0.2, 0.25) is 0 Å². The molecule has 110 valence electrons. The number of pyridine rings is 1. The van der Waals surface area contributed by atoms with Crippen molar-refractivity contribution in [2.75, 3.05) is 0 Å². The third kappa shape index (κ3) is 3.64. The molecule has 0 spiro atoms. The van der Waals surface area contributed by atoms with Crippen LogP contribution in [-0.2, 0) is 4.79 Å². The van der Waals surface area contributed by atoms with Crippen LogP contribution in [0.1, 0.15) is 25.8 Å². The number of carbonyl (C=O) groups excluding carboxylic acids is 1. The van der Waals surface area contributed by atoms with Gasteiger partial charge in [0.05, 0.1) is 17.8 Å². The summed E-state index contributed by atoms with van der Waals surface area (Å²) in [6.07, 6.45) is 4.18. The summed E-state index contributed by atoms with van der Waals surface area (Å²) in [6, 6.07) is 9.14. The average Bonchev–Trinajstić information content (AvgIpc) is 2.53. The molecule has 0 saturated carbocycles. The second-order valence-corrected chi connectivity index (χ2v) is 5.07. The first-order valence-corrected chi connectivity index (χ1v) is 7.05. The van der Waals surface area contributed by atoms with Crippen LogP contribution in [0.4, 0.5) is 0 Å². The van der Waals surface area contributed by atoms with Crippen molar-refractivity contribution in [3.63, 3.8) is 0 Å². The topological polar surface area (TPSA) is 80.4 Å². The minimum absolute atomic E-state index is 0.124. The van der Waals surface area contributed by atoms with E-state index in [0.717, 1.165) is 22.9 Å². The summed E-state index contributed by atoms with van der Waals surface area (Å²) in [4.78, 5) is 16.2. The fourth-order valence-electron chi connectivity index (χ4n) is 1.98. The number of para-hydroxylation sites is 1. The van der Waals surface area contributed by atoms with Crippen LogP contribution in [0, 0.1) is 5.92 Å². The number of hydrogen-bond acceptors (Lipinski definition) is 4. The fraction of sp³-hybridized carbons (Fsp3) is 0.312. The van der Waals surface area contributed by atoms with Crippen LogP contribution in [0.15, 0.2) is 41.6 Å². The zero-order valence-corrected chi connectivity index (χ0v) is 12.3. The molecule has 0 aliphatic heterocycles. The molecular weight excluding hydrogens is 264 g/mol. The highest BCUT2D eigenvalue weighted by Gasteiger charge is 2.18. The zero-order valence-electron chi connectivity index (χ0n) is 12.3. The normalized spacial score (nSPS) is 14.2. The largest absolute Gasteiger partial charge is 0.320 e. The molecule has 2 rings (SSSR count). The van der Waals surface area contributed by atoms with E-state index in [2.05, 4.69) is 15.5 Å². The first kappa shape index (κ1) is 15.1. The quantitative estimate of drug-likeness (QED) is 0.651. The van der Waals surface area contributed by atoms with E-state index < -0.39 is 6.04 Å². The maximum absolute atomic E-state index is 11.8. The number of hydrazone groups is 1. The molecule has 2 aromatic rings. The van der Waals surface area contributed by atoms with Crippen LogP contribution >= 0.6 is 0 Å². The number of rotatable bonds is 5. The van der Waals surface area contributed by atoms with Crippen molar-refractivity contribution in [1.82, 2.24) is 10.4 Å². The Morgan fingerprint density at radius 3 is 2.95 bits per heavy atom. The van der Waals surface area contributed by atoms with Gasteiger partial charge in [0.1, 0.15) is 0 Å². The van der Waals surface area contributed by atoms with Crippen molar-refractivity contribution >= 4 is 23.0 Å². The smallest absolute Gasteiger partial charge is 0.257 e. The molecule has 1 aromatic heterocycles. The standard InChI is InChI=1S/C16H20N4O/c1-3-11(2)14(17)16(21)20-19-10-13-7-4-6-12-8-5-9-18-15(12)13/h4-11,14H,3,17H2,1-2H3,(H,20,21)/b19-10+/t11?,14-/m1/s1. The summed E-state index contributed by atoms with van der Waals surface area (Å²) in [5.41, 5.74) is 10.0. The summed E-state index contributed by atoms with van der Waals surface area (Å²) < 4.78 is 0. The molecule has 5 nitrogen and oxygen atoms in total. The first-order valence-electron chi connectivity index (χ1n) is 7.05. The number of hydrogen-bond donors (Lipinski definition) is 2. The summed E-state index contributed by atoms with van der Waals surface area (Å²) in [7, 11) is 0. The Hall–Kier alpha value is -2.27. The number of fused-ring (bicyclic) bond motifs is 1. The van der Waals surface area contributed by atoms with Gasteiger partial charge in [0.15, 0.2) is 0 Å². The van der Waals surface area contributed by atoms with Crippen molar-refractivity contribution in [2.45, 2.75) is 26.3 Å². The average molecular weight is 284 g/mol. The Kier molecular flexibility index (Phi) is 5.00. The van der Waals surface area contributed by atoms with Crippen molar-refractivity contribution in [2.24, 2.45) is 16.8 Å². The van der Waals surface area contributed by atoms with E-state index in [4.69, 9.17) is 5.73 Å². The highest BCUT2D eigenvalue weighted by Crippen LogP contribution is 2.13. The van der Waals surface area contributed by atoms with Gasteiger partial charge in [-0.1, -0.05) is 44.5 Å². The Morgan fingerprint density at radius 1 is 1.43 bits per heavy atom. The van der Waals surface area contributed by atoms with Gasteiger partial charge >= 0.3 is 0 Å². The molecule has 0 saturated heterocycles. The van der Waals surface area contributed by atoms with E-state index in [9.17, 15) is 4.79 Å². The van der Waals surface area contributed by atoms with Gasteiger partial charge in [0.25, 0.3) is 5.91 Å². The molecule has 0 aliphatic rings. The number of nitrogens with zero attached hydrogens (tertiary/aromatic N) is 2. The highest BCUT2D eigenvalue weighted by atomic mass is 16.2. The predicted octanol–water partition coefficient (Wildman–Crippen LogP) is 2.06. The third-order valence-electron chi connectivity index (χ3n) is 3.60. The summed E-state index contributed by atoms with van der Waals surface area (Å²) in [5, 5.41) is 5.02. The van der Waals surface area contributed by atoms with Crippen molar-refractivity contribution < 1.29 is 4.79 Å². The van der Waals surface area contributed by atoms with Crippen LogP contribution in [0.3, 0.4) is 0 Å². The van der Waals surface area contributed by atoms with Crippen molar-refractivity contribution in [3.05, 3.63) is 42.1 Å². The lowest BCUT2D eigenvalue weighted by Crippen LogP contribution is -2.42. The fourth-order valence-corrected chi connectivity index (χ4v) is 1.98. The van der Waals surface area contributed by atoms with Gasteiger partial charge < -0.3 is 5.73 Å². The first-order chi connectivity index (χ1) is 10.1. The SMILES string of the molecule is CCC(C)[C@@H](N)C(=O)N/N=C/c1cccc2cccnc12. The molecule has 0 bridgehead atoms. The molecule has 0 radical (unpaired) electrons. The number of aromatic nitrogens is 1. The Labute approximate surface area is 124 Å². The summed E-state index contributed by atoms with van der Waals surface area (Å²) >= 11 is 0. The molecule has 21 heavy (non-hydrogen) atoms. The van der Waals surface area contributed by atoms with Crippen molar-refractivity contribution in [3.8, 4) is 0 Å². The van der Waals surface area contributed by atoms with E-state index >= 15 is 0 Å². The van der Waals surface area contributed by atoms with Crippen molar-refractivity contribution in [1.29, 1.82) is 0 Å². The van der Waals surface area contributed by atoms with Crippen LogP contribution < -0.4 is 11.2 Å². The zero-order chi connectivity index (χ0) is 15.2. The highest BCUT2D eigenvalue weighted by molar-refractivity contribution is 5.97. The third-order valence-corrected chi connectivity index (χ3v) is 3.60. The van der Waals surface area contributed by atoms with E-state index in [0.29, 0.717) is 0 Å². The number of carbonyl (C=O) groups is 1. The van der Waals surface area contributed by atoms with Crippen LogP contribution in [0.5, 0.6) is 0 Å². The molecule has 0 aliphatic carbocycles. The van der Waals surface area contributed by atoms with E-state index in [1.54, 1.807) is 12.4 Å². The lowest BCUT2D eigenvalue weighted by Gasteiger charge is -2.15. The molecular formula is C16H20N4O. The number of nitrogens with one attached hydrogen (secondary N) is 1. The maximum atomic E-state index is 11.8. The van der Waals surface area contributed by atoms with E-state index in [1.165, 1.54) is 0 Å². The lowest BCUT2D eigenvalue weighted by molar-refractivity contribution is -0.123. The molecule has 1 amide bonds. The Morgan fingerprint density at radius 2 is 2.19 bits per heavy atom. The van der Waals surface area contributed by atoms with Gasteiger partial charge in [-0.05, 0) is 12.0 Å². The van der Waals surface area contributed by atoms with Gasteiger partial charge in [-0.25, -0.2) is 5.43 Å². The number of benzene rings is 1. The van der Waals surface area contributed by atoms with Crippen LogP contribution in [0.25, 0.3) is 10.9 Å². The molecule has 1 unspecified atom stereocenters. The Balaban J connectivity index is 2.09. The second-order valence-electron chi connectivity index (χ2n) is 5.07. The van der Waals surface area contributed by atoms with Crippen LogP contribution in [0.2, 0.25) is 0 Å². The van der Waals surface area contributed by atoms with Gasteiger partial charge in [-0.3, -0.25) is 9.78 Å². The van der Waals surface area contributed by atoms with Gasteiger partial charge in [0, 0.05) is 17.1 Å². The summed E-state index contributed by atoms with van der Waals surface area (Å²) in [6.45, 7) is 3.95. The van der Waals surface area contributed by atoms with Gasteiger partial charge in [-0.2, -0.15) is 5.10 Å². The predicted molar refractivity (Wildman–Crippen MR) is 84.9 cm³/mol. The molecule has 1 heterocycles. The molecule has 0 fully saturated rings. The second kappa shape index (κ2) is 6.95. The maximum Gasteiger partial charge on any atom is 0.257 e. The van der Waals surface area contributed by atoms with Crippen LogP contribution in [-0.4, -0.2) is 23.1 Å². The van der Waals surface area contributed by atoms with E-state index in [1.807, 2.05) is 44.2 Å². The molecule has 5 heteroatoms. The lowest BCUT2D eigenvalue weighted by atomic mass is 10.00. The monoisotopic (exact) mass is 284 g/mol.